The highest BCUT2D eigenvalue weighted by Gasteiger charge is 2.26. The topological polar surface area (TPSA) is 0 Å². The van der Waals surface area contributed by atoms with Gasteiger partial charge in [0.25, 0.3) is 0 Å². The van der Waals surface area contributed by atoms with Crippen LogP contribution in [0.4, 0.5) is 0 Å². The summed E-state index contributed by atoms with van der Waals surface area (Å²) in [5.74, 6) is 0. The van der Waals surface area contributed by atoms with E-state index in [9.17, 15) is 0 Å². The van der Waals surface area contributed by atoms with Gasteiger partial charge in [-0.2, -0.15) is 0 Å². The SMILES string of the molecule is [CH]1c2ccccc2-c2c(-c3cccc4ccccc34)ccc(-c3cccc4ccccc34)c21. The normalized spacial score (nSPS) is 12.1. The summed E-state index contributed by atoms with van der Waals surface area (Å²) in [5.41, 5.74) is 10.4. The van der Waals surface area contributed by atoms with E-state index in [-0.39, 0.29) is 0 Å². The molecule has 7 rings (SSSR count). The van der Waals surface area contributed by atoms with Crippen molar-refractivity contribution in [2.75, 3.05) is 0 Å². The molecule has 0 fully saturated rings. The average molecular weight is 418 g/mol. The molecular formula is C33H21. The van der Waals surface area contributed by atoms with E-state index in [2.05, 4.69) is 128 Å². The molecule has 6 aromatic carbocycles. The second-order valence-electron chi connectivity index (χ2n) is 8.73. The van der Waals surface area contributed by atoms with E-state index in [0.29, 0.717) is 0 Å². The maximum atomic E-state index is 2.37. The van der Waals surface area contributed by atoms with Crippen molar-refractivity contribution in [2.24, 2.45) is 0 Å². The summed E-state index contributed by atoms with van der Waals surface area (Å²) in [6.07, 6.45) is 2.37. The van der Waals surface area contributed by atoms with E-state index < -0.39 is 0 Å². The largest absolute Gasteiger partial charge is 0.0619 e. The minimum absolute atomic E-state index is 1.28. The van der Waals surface area contributed by atoms with Crippen LogP contribution in [0.1, 0.15) is 11.1 Å². The van der Waals surface area contributed by atoms with Crippen LogP contribution in [0.25, 0.3) is 54.9 Å². The summed E-state index contributed by atoms with van der Waals surface area (Å²) in [6, 6.07) is 44.0. The third kappa shape index (κ3) is 2.78. The Morgan fingerprint density at radius 3 is 1.58 bits per heavy atom. The predicted molar refractivity (Wildman–Crippen MR) is 140 cm³/mol. The highest BCUT2D eigenvalue weighted by atomic mass is 14.3. The first kappa shape index (κ1) is 18.4. The van der Waals surface area contributed by atoms with Crippen LogP contribution < -0.4 is 0 Å². The van der Waals surface area contributed by atoms with Crippen LogP contribution in [0.2, 0.25) is 0 Å². The molecule has 0 heterocycles. The molecule has 0 aliphatic heterocycles. The van der Waals surface area contributed by atoms with E-state index in [1.807, 2.05) is 0 Å². The standard InChI is InChI=1S/C33H21/c1-4-14-25-22(9-1)12-7-17-28(25)30-19-20-31(29-18-8-13-23-10-2-5-15-26(23)29)33-27-16-6-3-11-24(27)21-32(30)33/h1-21H. The Morgan fingerprint density at radius 1 is 0.333 bits per heavy atom. The van der Waals surface area contributed by atoms with Gasteiger partial charge in [-0.3, -0.25) is 0 Å². The summed E-state index contributed by atoms with van der Waals surface area (Å²) >= 11 is 0. The fourth-order valence-electron chi connectivity index (χ4n) is 5.45. The summed E-state index contributed by atoms with van der Waals surface area (Å²) in [5, 5.41) is 5.14. The summed E-state index contributed by atoms with van der Waals surface area (Å²) in [4.78, 5) is 0. The monoisotopic (exact) mass is 417 g/mol. The minimum atomic E-state index is 1.28. The molecule has 0 atom stereocenters. The van der Waals surface area contributed by atoms with Crippen LogP contribution in [0.3, 0.4) is 0 Å². The third-order valence-corrected chi connectivity index (χ3v) is 6.94. The van der Waals surface area contributed by atoms with Gasteiger partial charge in [-0.25, -0.2) is 0 Å². The minimum Gasteiger partial charge on any atom is -0.0619 e. The molecule has 33 heavy (non-hydrogen) atoms. The molecule has 0 saturated heterocycles. The van der Waals surface area contributed by atoms with E-state index >= 15 is 0 Å². The van der Waals surface area contributed by atoms with Crippen LogP contribution in [0.5, 0.6) is 0 Å². The van der Waals surface area contributed by atoms with Gasteiger partial charge < -0.3 is 0 Å². The molecule has 0 unspecified atom stereocenters. The Labute approximate surface area is 193 Å². The molecule has 0 heteroatoms. The average Bonchev–Trinajstić information content (AvgIpc) is 3.27. The summed E-state index contributed by atoms with van der Waals surface area (Å²) < 4.78 is 0. The van der Waals surface area contributed by atoms with Gasteiger partial charge in [0.2, 0.25) is 0 Å². The van der Waals surface area contributed by atoms with Gasteiger partial charge in [-0.1, -0.05) is 121 Å². The van der Waals surface area contributed by atoms with E-state index in [0.717, 1.165) is 0 Å². The summed E-state index contributed by atoms with van der Waals surface area (Å²) in [7, 11) is 0. The fraction of sp³-hybridized carbons (Fsp3) is 0. The molecule has 0 saturated carbocycles. The number of hydrogen-bond donors (Lipinski definition) is 0. The van der Waals surface area contributed by atoms with Gasteiger partial charge in [0.05, 0.1) is 0 Å². The van der Waals surface area contributed by atoms with E-state index in [1.165, 1.54) is 66.1 Å². The van der Waals surface area contributed by atoms with Crippen molar-refractivity contribution in [1.82, 2.24) is 0 Å². The first-order valence-corrected chi connectivity index (χ1v) is 11.5. The number of hydrogen-bond acceptors (Lipinski definition) is 0. The maximum Gasteiger partial charge on any atom is 0.0218 e. The molecule has 0 nitrogen and oxygen atoms in total. The summed E-state index contributed by atoms with van der Waals surface area (Å²) in [6.45, 7) is 0. The van der Waals surface area contributed by atoms with Crippen molar-refractivity contribution in [2.45, 2.75) is 0 Å². The smallest absolute Gasteiger partial charge is 0.0218 e. The molecule has 0 amide bonds. The zero-order valence-corrected chi connectivity index (χ0v) is 18.1. The van der Waals surface area contributed by atoms with Gasteiger partial charge in [0.1, 0.15) is 0 Å². The number of fused-ring (bicyclic) bond motifs is 5. The second-order valence-corrected chi connectivity index (χ2v) is 8.73. The third-order valence-electron chi connectivity index (χ3n) is 6.94. The van der Waals surface area contributed by atoms with Gasteiger partial charge in [-0.05, 0) is 66.1 Å². The van der Waals surface area contributed by atoms with Crippen LogP contribution in [-0.2, 0) is 0 Å². The Balaban J connectivity index is 1.57. The molecule has 1 radical (unpaired) electrons. The lowest BCUT2D eigenvalue weighted by Crippen LogP contribution is -1.92. The van der Waals surface area contributed by atoms with Crippen molar-refractivity contribution in [3.8, 4) is 33.4 Å². The van der Waals surface area contributed by atoms with Crippen LogP contribution >= 0.6 is 0 Å². The van der Waals surface area contributed by atoms with Crippen LogP contribution in [-0.4, -0.2) is 0 Å². The van der Waals surface area contributed by atoms with Gasteiger partial charge >= 0.3 is 0 Å². The lowest BCUT2D eigenvalue weighted by Gasteiger charge is -2.17. The van der Waals surface area contributed by atoms with Gasteiger partial charge in [-0.15, -0.1) is 0 Å². The van der Waals surface area contributed by atoms with E-state index in [4.69, 9.17) is 0 Å². The Bertz CT molecular complexity index is 1680. The quantitative estimate of drug-likeness (QED) is 0.263. The van der Waals surface area contributed by atoms with Crippen molar-refractivity contribution < 1.29 is 0 Å². The highest BCUT2D eigenvalue weighted by molar-refractivity contribution is 6.06. The molecular weight excluding hydrogens is 396 g/mol. The molecule has 6 aromatic rings. The van der Waals surface area contributed by atoms with Gasteiger partial charge in [0, 0.05) is 6.42 Å². The molecule has 1 aliphatic carbocycles. The Morgan fingerprint density at radius 2 is 0.848 bits per heavy atom. The van der Waals surface area contributed by atoms with Crippen molar-refractivity contribution in [3.05, 3.63) is 139 Å². The van der Waals surface area contributed by atoms with Gasteiger partial charge in [0.15, 0.2) is 0 Å². The van der Waals surface area contributed by atoms with Crippen molar-refractivity contribution in [3.63, 3.8) is 0 Å². The second kappa shape index (κ2) is 7.18. The predicted octanol–water partition coefficient (Wildman–Crippen LogP) is 8.91. The van der Waals surface area contributed by atoms with Crippen molar-refractivity contribution in [1.29, 1.82) is 0 Å². The lowest BCUT2D eigenvalue weighted by atomic mass is 9.86. The number of rotatable bonds is 2. The lowest BCUT2D eigenvalue weighted by molar-refractivity contribution is 1.53. The molecule has 0 N–H and O–H groups in total. The molecule has 1 aliphatic rings. The van der Waals surface area contributed by atoms with Crippen LogP contribution in [0, 0.1) is 6.42 Å². The highest BCUT2D eigenvalue weighted by Crippen LogP contribution is 2.49. The zero-order chi connectivity index (χ0) is 21.8. The molecule has 0 spiro atoms. The first-order valence-electron chi connectivity index (χ1n) is 11.5. The molecule has 153 valence electrons. The molecule has 0 bridgehead atoms. The fourth-order valence-corrected chi connectivity index (χ4v) is 5.45. The Hall–Kier alpha value is -4.16. The Kier molecular flexibility index (Phi) is 4.01. The van der Waals surface area contributed by atoms with E-state index in [1.54, 1.807) is 0 Å². The zero-order valence-electron chi connectivity index (χ0n) is 18.1. The van der Waals surface area contributed by atoms with Crippen molar-refractivity contribution >= 4 is 21.5 Å². The first-order chi connectivity index (χ1) is 16.4. The molecule has 0 aromatic heterocycles. The van der Waals surface area contributed by atoms with Crippen LogP contribution in [0.15, 0.2) is 121 Å². The number of benzene rings is 6. The maximum absolute atomic E-state index is 2.37.